The largest absolute Gasteiger partial charge is 0.398 e. The summed E-state index contributed by atoms with van der Waals surface area (Å²) in [6.07, 6.45) is 1.56. The van der Waals surface area contributed by atoms with Crippen molar-refractivity contribution in [2.24, 2.45) is 0 Å². The molecule has 0 aromatic heterocycles. The Hall–Kier alpha value is -0.590. The highest BCUT2D eigenvalue weighted by molar-refractivity contribution is 9.10. The quantitative estimate of drug-likeness (QED) is 0.842. The first-order valence-electron chi connectivity index (χ1n) is 5.87. The van der Waals surface area contributed by atoms with E-state index in [0.717, 1.165) is 12.8 Å². The van der Waals surface area contributed by atoms with Gasteiger partial charge in [-0.2, -0.15) is 4.31 Å². The zero-order valence-electron chi connectivity index (χ0n) is 10.9. The van der Waals surface area contributed by atoms with Crippen LogP contribution in [0.15, 0.2) is 27.6 Å². The Balaban J connectivity index is 3.25. The van der Waals surface area contributed by atoms with Gasteiger partial charge in [-0.25, -0.2) is 8.42 Å². The maximum atomic E-state index is 12.5. The minimum atomic E-state index is -3.54. The first kappa shape index (κ1) is 15.5. The summed E-state index contributed by atoms with van der Waals surface area (Å²) >= 11 is 3.27. The topological polar surface area (TPSA) is 63.4 Å². The third kappa shape index (κ3) is 3.05. The van der Waals surface area contributed by atoms with E-state index in [4.69, 9.17) is 5.73 Å². The molecule has 0 saturated heterocycles. The van der Waals surface area contributed by atoms with E-state index >= 15 is 0 Å². The number of nitrogens with zero attached hydrogens (tertiary/aromatic N) is 1. The molecule has 0 saturated carbocycles. The molecular weight excluding hydrogens is 316 g/mol. The molecule has 102 valence electrons. The lowest BCUT2D eigenvalue weighted by Gasteiger charge is -2.26. The van der Waals surface area contributed by atoms with Crippen LogP contribution in [0.3, 0.4) is 0 Å². The molecule has 0 aliphatic heterocycles. The van der Waals surface area contributed by atoms with Gasteiger partial charge >= 0.3 is 0 Å². The van der Waals surface area contributed by atoms with Crippen LogP contribution >= 0.6 is 15.9 Å². The van der Waals surface area contributed by atoms with Gasteiger partial charge in [0.25, 0.3) is 0 Å². The lowest BCUT2D eigenvalue weighted by Crippen LogP contribution is -2.36. The van der Waals surface area contributed by atoms with Crippen molar-refractivity contribution in [3.05, 3.63) is 22.7 Å². The minimum Gasteiger partial charge on any atom is -0.398 e. The summed E-state index contributed by atoms with van der Waals surface area (Å²) in [5, 5.41) is 0. The zero-order chi connectivity index (χ0) is 13.9. The highest BCUT2D eigenvalue weighted by Crippen LogP contribution is 2.27. The number of sulfonamides is 1. The highest BCUT2D eigenvalue weighted by Gasteiger charge is 2.27. The summed E-state index contributed by atoms with van der Waals surface area (Å²) in [5.41, 5.74) is 6.04. The number of anilines is 1. The molecule has 0 amide bonds. The number of nitrogen functional groups attached to an aromatic ring is 1. The number of nitrogens with two attached hydrogens (primary N) is 1. The van der Waals surface area contributed by atoms with E-state index in [1.165, 1.54) is 4.31 Å². The van der Waals surface area contributed by atoms with Crippen LogP contribution in [0.2, 0.25) is 0 Å². The molecule has 0 radical (unpaired) electrons. The van der Waals surface area contributed by atoms with E-state index < -0.39 is 10.0 Å². The zero-order valence-corrected chi connectivity index (χ0v) is 13.3. The molecule has 0 aliphatic rings. The molecular formula is C12H19BrN2O2S. The lowest BCUT2D eigenvalue weighted by atomic mass is 10.2. The molecule has 4 nitrogen and oxygen atoms in total. The van der Waals surface area contributed by atoms with Gasteiger partial charge in [-0.3, -0.25) is 0 Å². The fourth-order valence-corrected chi connectivity index (χ4v) is 4.04. The number of benzene rings is 1. The first-order chi connectivity index (χ1) is 8.34. The molecule has 6 heteroatoms. The Morgan fingerprint density at radius 3 is 2.39 bits per heavy atom. The second kappa shape index (κ2) is 6.04. The minimum absolute atomic E-state index is 0.00613. The van der Waals surface area contributed by atoms with Crippen molar-refractivity contribution in [3.63, 3.8) is 0 Å². The summed E-state index contributed by atoms with van der Waals surface area (Å²) < 4.78 is 27.1. The maximum Gasteiger partial charge on any atom is 0.245 e. The number of hydrogen-bond donors (Lipinski definition) is 1. The molecule has 0 heterocycles. The van der Waals surface area contributed by atoms with Crippen LogP contribution in [0.25, 0.3) is 0 Å². The lowest BCUT2D eigenvalue weighted by molar-refractivity contribution is 0.350. The molecule has 0 spiro atoms. The van der Waals surface area contributed by atoms with Gasteiger partial charge in [0.2, 0.25) is 10.0 Å². The van der Waals surface area contributed by atoms with E-state index in [0.29, 0.717) is 4.47 Å². The van der Waals surface area contributed by atoms with Gasteiger partial charge in [0.05, 0.1) is 5.69 Å². The van der Waals surface area contributed by atoms with Gasteiger partial charge in [-0.1, -0.05) is 29.8 Å². The predicted octanol–water partition coefficient (Wildman–Crippen LogP) is 2.84. The number of hydrogen-bond acceptors (Lipinski definition) is 3. The standard InChI is InChI=1S/C12H19BrN2O2S/c1-4-10(5-2)15(3)18(16,17)12-8-9(13)6-7-11(12)14/h6-8,10H,4-5,14H2,1-3H3. The van der Waals surface area contributed by atoms with Crippen LogP contribution in [0.5, 0.6) is 0 Å². The van der Waals surface area contributed by atoms with Crippen LogP contribution in [0.1, 0.15) is 26.7 Å². The fraction of sp³-hybridized carbons (Fsp3) is 0.500. The van der Waals surface area contributed by atoms with Gasteiger partial charge < -0.3 is 5.73 Å². The Morgan fingerprint density at radius 1 is 1.33 bits per heavy atom. The van der Waals surface area contributed by atoms with Crippen molar-refractivity contribution in [2.45, 2.75) is 37.6 Å². The van der Waals surface area contributed by atoms with E-state index in [2.05, 4.69) is 15.9 Å². The molecule has 0 unspecified atom stereocenters. The predicted molar refractivity (Wildman–Crippen MR) is 77.9 cm³/mol. The summed E-state index contributed by atoms with van der Waals surface area (Å²) in [6, 6.07) is 4.86. The van der Waals surface area contributed by atoms with E-state index in [1.54, 1.807) is 25.2 Å². The van der Waals surface area contributed by atoms with Crippen molar-refractivity contribution in [2.75, 3.05) is 12.8 Å². The summed E-state index contributed by atoms with van der Waals surface area (Å²) in [4.78, 5) is 0.159. The molecule has 0 aliphatic carbocycles. The number of halogens is 1. The van der Waals surface area contributed by atoms with Crippen molar-refractivity contribution in [3.8, 4) is 0 Å². The van der Waals surface area contributed by atoms with Crippen LogP contribution in [0, 0.1) is 0 Å². The third-order valence-corrected chi connectivity index (χ3v) is 5.55. The van der Waals surface area contributed by atoms with Crippen LogP contribution in [0.4, 0.5) is 5.69 Å². The summed E-state index contributed by atoms with van der Waals surface area (Å²) in [5.74, 6) is 0. The van der Waals surface area contributed by atoms with Gasteiger partial charge in [-0.05, 0) is 31.0 Å². The average molecular weight is 335 g/mol. The van der Waals surface area contributed by atoms with Gasteiger partial charge in [-0.15, -0.1) is 0 Å². The second-order valence-electron chi connectivity index (χ2n) is 4.17. The van der Waals surface area contributed by atoms with E-state index in [9.17, 15) is 8.42 Å². The molecule has 0 fully saturated rings. The highest BCUT2D eigenvalue weighted by atomic mass is 79.9. The first-order valence-corrected chi connectivity index (χ1v) is 8.10. The SMILES string of the molecule is CCC(CC)N(C)S(=O)(=O)c1cc(Br)ccc1N. The monoisotopic (exact) mass is 334 g/mol. The van der Waals surface area contributed by atoms with Gasteiger partial charge in [0, 0.05) is 17.6 Å². The van der Waals surface area contributed by atoms with Crippen LogP contribution in [-0.2, 0) is 10.0 Å². The molecule has 2 N–H and O–H groups in total. The normalized spacial score (nSPS) is 12.3. The van der Waals surface area contributed by atoms with Crippen molar-refractivity contribution < 1.29 is 8.42 Å². The Morgan fingerprint density at radius 2 is 1.89 bits per heavy atom. The van der Waals surface area contributed by atoms with Gasteiger partial charge in [0.1, 0.15) is 4.90 Å². The molecule has 1 rings (SSSR count). The van der Waals surface area contributed by atoms with Crippen molar-refractivity contribution in [1.29, 1.82) is 0 Å². The maximum absolute atomic E-state index is 12.5. The molecule has 0 atom stereocenters. The average Bonchev–Trinajstić information content (AvgIpc) is 2.33. The van der Waals surface area contributed by atoms with Crippen LogP contribution in [-0.4, -0.2) is 25.8 Å². The molecule has 18 heavy (non-hydrogen) atoms. The number of rotatable bonds is 5. The Labute approximate surface area is 117 Å². The van der Waals surface area contributed by atoms with E-state index in [1.807, 2.05) is 13.8 Å². The van der Waals surface area contributed by atoms with Crippen molar-refractivity contribution in [1.82, 2.24) is 4.31 Å². The molecule has 0 bridgehead atoms. The van der Waals surface area contributed by atoms with E-state index in [-0.39, 0.29) is 16.6 Å². The second-order valence-corrected chi connectivity index (χ2v) is 7.06. The van der Waals surface area contributed by atoms with Crippen LogP contribution < -0.4 is 5.73 Å². The van der Waals surface area contributed by atoms with Gasteiger partial charge in [0.15, 0.2) is 0 Å². The summed E-state index contributed by atoms with van der Waals surface area (Å²) in [7, 11) is -1.93. The smallest absolute Gasteiger partial charge is 0.245 e. The summed E-state index contributed by atoms with van der Waals surface area (Å²) in [6.45, 7) is 3.95. The Kier molecular flexibility index (Phi) is 5.19. The van der Waals surface area contributed by atoms with Crippen molar-refractivity contribution >= 4 is 31.6 Å². The third-order valence-electron chi connectivity index (χ3n) is 3.09. The fourth-order valence-electron chi connectivity index (χ4n) is 1.89. The molecule has 1 aromatic carbocycles. The molecule has 1 aromatic rings. The Bertz CT molecular complexity index is 513.